The number of hydrogen-bond acceptors (Lipinski definition) is 8. The molecule has 1 aliphatic heterocycles. The molecule has 1 fully saturated rings. The van der Waals surface area contributed by atoms with Crippen molar-refractivity contribution in [2.75, 3.05) is 36.8 Å². The lowest BCUT2D eigenvalue weighted by Crippen LogP contribution is -2.34. The van der Waals surface area contributed by atoms with Crippen LogP contribution in [0.4, 0.5) is 16.2 Å². The smallest absolute Gasteiger partial charge is 0.333 e. The normalized spacial score (nSPS) is 14.2. The molecule has 3 N–H and O–H groups in total. The molecule has 1 aromatic carbocycles. The summed E-state index contributed by atoms with van der Waals surface area (Å²) in [7, 11) is -3.97. The lowest BCUT2D eigenvalue weighted by atomic mass is 10.1. The highest BCUT2D eigenvalue weighted by Gasteiger charge is 2.19. The van der Waals surface area contributed by atoms with E-state index in [1.807, 2.05) is 29.0 Å². The number of carbonyl (C=O) groups excluding carboxylic acids is 1. The Kier molecular flexibility index (Phi) is 8.48. The van der Waals surface area contributed by atoms with E-state index in [0.29, 0.717) is 11.2 Å². The number of piperidine rings is 1. The zero-order valence-electron chi connectivity index (χ0n) is 22.2. The Balaban J connectivity index is 1.20. The first-order chi connectivity index (χ1) is 19.3. The largest absolute Gasteiger partial charge is 0.385 e. The van der Waals surface area contributed by atoms with Crippen LogP contribution in [0.15, 0.2) is 69.9 Å². The van der Waals surface area contributed by atoms with Crippen LogP contribution in [-0.4, -0.2) is 55.1 Å². The molecule has 12 heteroatoms. The maximum atomic E-state index is 13.2. The number of fused-ring (bicyclic) bond motifs is 1. The van der Waals surface area contributed by atoms with E-state index < -0.39 is 16.1 Å². The van der Waals surface area contributed by atoms with E-state index in [4.69, 9.17) is 0 Å². The quantitative estimate of drug-likeness (QED) is 0.248. The SMILES string of the molecule is Cc1ccc(S(=O)(=O)NC(=O)Nc2ccc(-n3ccc4cc(NCCCN5CCCCC5)ccc4c3=O)nc2)s1. The molecule has 210 valence electrons. The first-order valence-electron chi connectivity index (χ1n) is 13.3. The Morgan fingerprint density at radius 2 is 1.82 bits per heavy atom. The number of aromatic nitrogens is 2. The molecule has 0 saturated carbocycles. The van der Waals surface area contributed by atoms with E-state index in [1.165, 1.54) is 49.2 Å². The van der Waals surface area contributed by atoms with Gasteiger partial charge in [-0.3, -0.25) is 9.36 Å². The van der Waals surface area contributed by atoms with Gasteiger partial charge in [0.05, 0.1) is 11.9 Å². The summed E-state index contributed by atoms with van der Waals surface area (Å²) in [5, 5.41) is 7.32. The lowest BCUT2D eigenvalue weighted by Gasteiger charge is -2.26. The second kappa shape index (κ2) is 12.2. The van der Waals surface area contributed by atoms with Gasteiger partial charge < -0.3 is 15.5 Å². The summed E-state index contributed by atoms with van der Waals surface area (Å²) in [5.74, 6) is 0.374. The average Bonchev–Trinajstić information content (AvgIpc) is 3.39. The summed E-state index contributed by atoms with van der Waals surface area (Å²) in [4.78, 5) is 33.1. The van der Waals surface area contributed by atoms with E-state index in [2.05, 4.69) is 20.5 Å². The number of rotatable bonds is 9. The number of amides is 2. The molecule has 0 atom stereocenters. The fourth-order valence-electron chi connectivity index (χ4n) is 4.74. The molecule has 5 rings (SSSR count). The number of nitrogens with zero attached hydrogens (tertiary/aromatic N) is 3. The average molecular weight is 581 g/mol. The van der Waals surface area contributed by atoms with Crippen LogP contribution in [0, 0.1) is 6.92 Å². The van der Waals surface area contributed by atoms with Crippen LogP contribution in [0.1, 0.15) is 30.6 Å². The van der Waals surface area contributed by atoms with Crippen LogP contribution in [0.5, 0.6) is 0 Å². The minimum absolute atomic E-state index is 0.0556. The molecule has 0 aliphatic carbocycles. The first kappa shape index (κ1) is 27.8. The standard InChI is InChI=1S/C28H32N6O4S2/c1-20-6-11-26(39-20)40(37,38)32-28(36)31-23-8-10-25(30-19-23)34-17-12-21-18-22(7-9-24(21)27(34)35)29-13-5-16-33-14-3-2-4-15-33/h6-12,17-19,29H,2-5,13-16H2,1H3,(H2,31,32,36). The van der Waals surface area contributed by atoms with Gasteiger partial charge in [-0.15, -0.1) is 11.3 Å². The van der Waals surface area contributed by atoms with Crippen LogP contribution < -0.4 is 20.9 Å². The summed E-state index contributed by atoms with van der Waals surface area (Å²) in [6.07, 6.45) is 8.04. The number of pyridine rings is 2. The van der Waals surface area contributed by atoms with Crippen molar-refractivity contribution in [3.63, 3.8) is 0 Å². The number of nitrogens with one attached hydrogen (secondary N) is 3. The minimum atomic E-state index is -3.97. The van der Waals surface area contributed by atoms with Gasteiger partial charge in [0.2, 0.25) is 0 Å². The summed E-state index contributed by atoms with van der Waals surface area (Å²) in [6.45, 7) is 6.16. The third-order valence-electron chi connectivity index (χ3n) is 6.79. The van der Waals surface area contributed by atoms with Gasteiger partial charge in [0.1, 0.15) is 10.0 Å². The second-order valence-corrected chi connectivity index (χ2v) is 13.0. The van der Waals surface area contributed by atoms with Crippen molar-refractivity contribution in [2.24, 2.45) is 0 Å². The van der Waals surface area contributed by atoms with Crippen molar-refractivity contribution in [3.8, 4) is 5.82 Å². The molecule has 0 bridgehead atoms. The van der Waals surface area contributed by atoms with Crippen molar-refractivity contribution >= 4 is 49.5 Å². The molecule has 10 nitrogen and oxygen atoms in total. The van der Waals surface area contributed by atoms with E-state index in [0.717, 1.165) is 46.8 Å². The number of sulfonamides is 1. The summed E-state index contributed by atoms with van der Waals surface area (Å²) >= 11 is 1.07. The van der Waals surface area contributed by atoms with E-state index in [-0.39, 0.29) is 15.5 Å². The van der Waals surface area contributed by atoms with Crippen LogP contribution in [0.3, 0.4) is 0 Å². The van der Waals surface area contributed by atoms with Crippen LogP contribution in [0.2, 0.25) is 0 Å². The summed E-state index contributed by atoms with van der Waals surface area (Å²) in [5.41, 5.74) is 1.05. The molecule has 1 aliphatic rings. The molecule has 2 amide bonds. The highest BCUT2D eigenvalue weighted by molar-refractivity contribution is 7.92. The number of aryl methyl sites for hydroxylation is 1. The fraction of sp³-hybridized carbons (Fsp3) is 0.321. The van der Waals surface area contributed by atoms with E-state index in [1.54, 1.807) is 31.3 Å². The second-order valence-electron chi connectivity index (χ2n) is 9.81. The van der Waals surface area contributed by atoms with Crippen LogP contribution >= 0.6 is 11.3 Å². The summed E-state index contributed by atoms with van der Waals surface area (Å²) < 4.78 is 28.2. The molecule has 3 aromatic heterocycles. The van der Waals surface area contributed by atoms with Gasteiger partial charge in [0.25, 0.3) is 15.6 Å². The Bertz CT molecular complexity index is 1660. The maximum absolute atomic E-state index is 13.2. The van der Waals surface area contributed by atoms with Crippen molar-refractivity contribution in [2.45, 2.75) is 36.8 Å². The van der Waals surface area contributed by atoms with Gasteiger partial charge >= 0.3 is 6.03 Å². The van der Waals surface area contributed by atoms with Crippen molar-refractivity contribution in [3.05, 3.63) is 76.2 Å². The summed E-state index contributed by atoms with van der Waals surface area (Å²) in [6, 6.07) is 12.9. The monoisotopic (exact) mass is 580 g/mol. The maximum Gasteiger partial charge on any atom is 0.333 e. The van der Waals surface area contributed by atoms with E-state index >= 15 is 0 Å². The number of thiophene rings is 1. The zero-order chi connectivity index (χ0) is 28.1. The molecular weight excluding hydrogens is 548 g/mol. The first-order valence-corrected chi connectivity index (χ1v) is 15.6. The van der Waals surface area contributed by atoms with Gasteiger partial charge in [-0.25, -0.2) is 22.9 Å². The number of benzene rings is 1. The Labute approximate surface area is 237 Å². The number of carbonyl (C=O) groups is 1. The Morgan fingerprint density at radius 1 is 1.02 bits per heavy atom. The topological polar surface area (TPSA) is 125 Å². The van der Waals surface area contributed by atoms with Crippen molar-refractivity contribution < 1.29 is 13.2 Å². The minimum Gasteiger partial charge on any atom is -0.385 e. The molecule has 40 heavy (non-hydrogen) atoms. The van der Waals surface area contributed by atoms with Gasteiger partial charge in [-0.2, -0.15) is 0 Å². The van der Waals surface area contributed by atoms with E-state index in [9.17, 15) is 18.0 Å². The third-order valence-corrected chi connectivity index (χ3v) is 9.62. The molecule has 4 heterocycles. The molecule has 0 radical (unpaired) electrons. The molecule has 4 aromatic rings. The van der Waals surface area contributed by atoms with Gasteiger partial charge in [-0.05, 0) is 99.7 Å². The number of urea groups is 1. The molecule has 0 unspecified atom stereocenters. The third kappa shape index (κ3) is 6.69. The fourth-order valence-corrected chi connectivity index (χ4v) is 6.93. The molecule has 1 saturated heterocycles. The van der Waals surface area contributed by atoms with Crippen molar-refractivity contribution in [1.29, 1.82) is 0 Å². The van der Waals surface area contributed by atoms with Gasteiger partial charge in [0.15, 0.2) is 0 Å². The highest BCUT2D eigenvalue weighted by Crippen LogP contribution is 2.21. The van der Waals surface area contributed by atoms with Crippen LogP contribution in [0.25, 0.3) is 16.6 Å². The lowest BCUT2D eigenvalue weighted by molar-refractivity contribution is 0.228. The Hall–Kier alpha value is -3.74. The molecular formula is C28H32N6O4S2. The zero-order valence-corrected chi connectivity index (χ0v) is 23.9. The van der Waals surface area contributed by atoms with Gasteiger partial charge in [-0.1, -0.05) is 6.42 Å². The number of likely N-dealkylation sites (tertiary alicyclic amines) is 1. The highest BCUT2D eigenvalue weighted by atomic mass is 32.2. The number of hydrogen-bond donors (Lipinski definition) is 3. The molecule has 0 spiro atoms. The Morgan fingerprint density at radius 3 is 2.55 bits per heavy atom. The number of anilines is 2. The van der Waals surface area contributed by atoms with Crippen LogP contribution in [-0.2, 0) is 10.0 Å². The van der Waals surface area contributed by atoms with Crippen molar-refractivity contribution in [1.82, 2.24) is 19.2 Å². The predicted octanol–water partition coefficient (Wildman–Crippen LogP) is 4.55. The van der Waals surface area contributed by atoms with Gasteiger partial charge in [0, 0.05) is 28.7 Å². The predicted molar refractivity (Wildman–Crippen MR) is 159 cm³/mol.